The van der Waals surface area contributed by atoms with Crippen molar-refractivity contribution in [2.24, 2.45) is 0 Å². The summed E-state index contributed by atoms with van der Waals surface area (Å²) in [5.74, 6) is 4.71. The molecule has 0 atom stereocenters. The molecule has 31 heavy (non-hydrogen) atoms. The Morgan fingerprint density at radius 1 is 1.03 bits per heavy atom. The minimum atomic E-state index is -0.614. The summed E-state index contributed by atoms with van der Waals surface area (Å²) < 4.78 is 13.8. The Kier molecular flexibility index (Phi) is 5.70. The van der Waals surface area contributed by atoms with Gasteiger partial charge in [0.15, 0.2) is 0 Å². The molecule has 1 aliphatic rings. The number of rotatable bonds is 2. The van der Waals surface area contributed by atoms with Crippen LogP contribution in [-0.2, 0) is 11.2 Å². The van der Waals surface area contributed by atoms with E-state index in [4.69, 9.17) is 11.6 Å². The molecule has 0 aliphatic carbocycles. The maximum atomic E-state index is 13.8. The van der Waals surface area contributed by atoms with Crippen LogP contribution < -0.4 is 4.90 Å². The van der Waals surface area contributed by atoms with Crippen molar-refractivity contribution in [1.82, 2.24) is 0 Å². The molecule has 1 amide bonds. The quantitative estimate of drug-likeness (QED) is 0.314. The van der Waals surface area contributed by atoms with E-state index in [-0.39, 0.29) is 10.6 Å². The number of nitrogens with zero attached hydrogens (tertiary/aromatic N) is 1. The standard InChI is InChI=1S/C26H17ClFNO2/c1-29-24-13-11-18(9-5-8-17-6-3-2-4-7-17)14-20(24)25(30)21(26(29)31)15-19-10-12-22(27)23(28)16-19/h2-4,6-7,10-16H,8H2,1H3/b21-15-. The molecule has 0 spiro atoms. The van der Waals surface area contributed by atoms with E-state index in [0.717, 1.165) is 5.56 Å². The fourth-order valence-corrected chi connectivity index (χ4v) is 3.48. The fourth-order valence-electron chi connectivity index (χ4n) is 3.36. The summed E-state index contributed by atoms with van der Waals surface area (Å²) in [5, 5.41) is -0.0235. The molecule has 0 aromatic heterocycles. The Hall–Kier alpha value is -3.68. The maximum Gasteiger partial charge on any atom is 0.262 e. The highest BCUT2D eigenvalue weighted by atomic mass is 35.5. The predicted octanol–water partition coefficient (Wildman–Crippen LogP) is 5.32. The molecule has 0 fully saturated rings. The SMILES string of the molecule is CN1C(=O)/C(=C\c2ccc(Cl)c(F)c2)C(=O)c2cc(C#CCc3ccccc3)ccc21. The molecule has 0 saturated heterocycles. The highest BCUT2D eigenvalue weighted by Gasteiger charge is 2.32. The Labute approximate surface area is 184 Å². The number of likely N-dealkylation sites (N-methyl/N-ethyl adjacent to an activating group) is 1. The summed E-state index contributed by atoms with van der Waals surface area (Å²) in [6.07, 6.45) is 1.98. The van der Waals surface area contributed by atoms with Gasteiger partial charge in [0.2, 0.25) is 5.78 Å². The van der Waals surface area contributed by atoms with E-state index in [1.165, 1.54) is 23.1 Å². The molecule has 0 radical (unpaired) electrons. The van der Waals surface area contributed by atoms with Gasteiger partial charge in [0.05, 0.1) is 16.3 Å². The molecule has 3 aromatic carbocycles. The number of halogens is 2. The first kappa shape index (κ1) is 20.6. The summed E-state index contributed by atoms with van der Waals surface area (Å²) >= 11 is 5.72. The molecule has 1 aliphatic heterocycles. The highest BCUT2D eigenvalue weighted by Crippen LogP contribution is 2.31. The molecule has 3 aromatic rings. The Bertz CT molecular complexity index is 1290. The second-order valence-electron chi connectivity index (χ2n) is 7.12. The van der Waals surface area contributed by atoms with Gasteiger partial charge in [0.1, 0.15) is 5.82 Å². The van der Waals surface area contributed by atoms with Crippen molar-refractivity contribution in [2.45, 2.75) is 6.42 Å². The number of amides is 1. The summed E-state index contributed by atoms with van der Waals surface area (Å²) in [6.45, 7) is 0. The van der Waals surface area contributed by atoms with Crippen LogP contribution in [0.25, 0.3) is 6.08 Å². The first-order valence-corrected chi connectivity index (χ1v) is 9.98. The average Bonchev–Trinajstić information content (AvgIpc) is 2.78. The number of hydrogen-bond donors (Lipinski definition) is 0. The summed E-state index contributed by atoms with van der Waals surface area (Å²) in [6, 6.07) is 19.2. The third-order valence-electron chi connectivity index (χ3n) is 5.00. The van der Waals surface area contributed by atoms with Crippen LogP contribution >= 0.6 is 11.6 Å². The van der Waals surface area contributed by atoms with Gasteiger partial charge in [-0.25, -0.2) is 4.39 Å². The third kappa shape index (κ3) is 4.28. The van der Waals surface area contributed by atoms with Crippen molar-refractivity contribution in [3.63, 3.8) is 0 Å². The van der Waals surface area contributed by atoms with Crippen molar-refractivity contribution in [2.75, 3.05) is 11.9 Å². The second-order valence-corrected chi connectivity index (χ2v) is 7.53. The van der Waals surface area contributed by atoms with Crippen LogP contribution in [0.15, 0.2) is 72.3 Å². The molecule has 0 saturated carbocycles. The largest absolute Gasteiger partial charge is 0.311 e. The number of fused-ring (bicyclic) bond motifs is 1. The second kappa shape index (κ2) is 8.59. The molecule has 3 nitrogen and oxygen atoms in total. The van der Waals surface area contributed by atoms with Crippen molar-refractivity contribution in [1.29, 1.82) is 0 Å². The van der Waals surface area contributed by atoms with Gasteiger partial charge >= 0.3 is 0 Å². The maximum absolute atomic E-state index is 13.8. The molecule has 0 unspecified atom stereocenters. The van der Waals surface area contributed by atoms with Gasteiger partial charge in [0, 0.05) is 24.6 Å². The van der Waals surface area contributed by atoms with Gasteiger partial charge in [-0.1, -0.05) is 59.8 Å². The number of anilines is 1. The zero-order valence-electron chi connectivity index (χ0n) is 16.7. The normalized spacial score (nSPS) is 14.3. The third-order valence-corrected chi connectivity index (χ3v) is 5.31. The lowest BCUT2D eigenvalue weighted by atomic mass is 9.92. The van der Waals surface area contributed by atoms with Crippen LogP contribution in [0, 0.1) is 17.7 Å². The molecular weight excluding hydrogens is 413 g/mol. The molecule has 1 heterocycles. The van der Waals surface area contributed by atoms with Crippen LogP contribution in [0.4, 0.5) is 10.1 Å². The van der Waals surface area contributed by atoms with Gasteiger partial charge in [0.25, 0.3) is 5.91 Å². The number of benzene rings is 3. The lowest BCUT2D eigenvalue weighted by Crippen LogP contribution is -2.36. The minimum Gasteiger partial charge on any atom is -0.311 e. The number of Topliss-reactive ketones (excluding diaryl/α,β-unsaturated/α-hetero) is 1. The van der Waals surface area contributed by atoms with Crippen molar-refractivity contribution in [3.05, 3.63) is 105 Å². The smallest absolute Gasteiger partial charge is 0.262 e. The summed E-state index contributed by atoms with van der Waals surface area (Å²) in [4.78, 5) is 27.3. The molecule has 0 N–H and O–H groups in total. The van der Waals surface area contributed by atoms with E-state index in [0.29, 0.717) is 28.8 Å². The van der Waals surface area contributed by atoms with Gasteiger partial charge in [-0.05, 0) is 47.5 Å². The number of ketones is 1. The minimum absolute atomic E-state index is 0.0235. The van der Waals surface area contributed by atoms with Crippen LogP contribution in [-0.4, -0.2) is 18.7 Å². The first-order valence-electron chi connectivity index (χ1n) is 9.60. The van der Waals surface area contributed by atoms with E-state index in [1.807, 2.05) is 30.3 Å². The number of carbonyl (C=O) groups is 2. The van der Waals surface area contributed by atoms with Crippen molar-refractivity contribution in [3.8, 4) is 11.8 Å². The summed E-state index contributed by atoms with van der Waals surface area (Å²) in [7, 11) is 1.60. The van der Waals surface area contributed by atoms with E-state index >= 15 is 0 Å². The van der Waals surface area contributed by atoms with Crippen LogP contribution in [0.1, 0.15) is 27.0 Å². The Morgan fingerprint density at radius 3 is 2.55 bits per heavy atom. The zero-order valence-corrected chi connectivity index (χ0v) is 17.4. The monoisotopic (exact) mass is 429 g/mol. The molecule has 4 rings (SSSR count). The van der Waals surface area contributed by atoms with E-state index < -0.39 is 17.5 Å². The fraction of sp³-hybridized carbons (Fsp3) is 0.0769. The van der Waals surface area contributed by atoms with Gasteiger partial charge in [-0.2, -0.15) is 0 Å². The molecular formula is C26H17ClFNO2. The highest BCUT2D eigenvalue weighted by molar-refractivity contribution is 6.36. The lowest BCUT2D eigenvalue weighted by Gasteiger charge is -2.26. The van der Waals surface area contributed by atoms with Crippen LogP contribution in [0.2, 0.25) is 5.02 Å². The van der Waals surface area contributed by atoms with Gasteiger partial charge in [-0.15, -0.1) is 0 Å². The van der Waals surface area contributed by atoms with Crippen molar-refractivity contribution < 1.29 is 14.0 Å². The predicted molar refractivity (Wildman–Crippen MR) is 121 cm³/mol. The van der Waals surface area contributed by atoms with E-state index in [1.54, 1.807) is 31.3 Å². The van der Waals surface area contributed by atoms with Crippen LogP contribution in [0.3, 0.4) is 0 Å². The summed E-state index contributed by atoms with van der Waals surface area (Å²) in [5.41, 5.74) is 3.04. The lowest BCUT2D eigenvalue weighted by molar-refractivity contribution is -0.114. The molecule has 5 heteroatoms. The van der Waals surface area contributed by atoms with Gasteiger partial charge < -0.3 is 4.90 Å². The average molecular weight is 430 g/mol. The Morgan fingerprint density at radius 2 is 1.81 bits per heavy atom. The topological polar surface area (TPSA) is 37.4 Å². The van der Waals surface area contributed by atoms with Crippen LogP contribution in [0.5, 0.6) is 0 Å². The van der Waals surface area contributed by atoms with E-state index in [9.17, 15) is 14.0 Å². The number of carbonyl (C=O) groups excluding carboxylic acids is 2. The van der Waals surface area contributed by atoms with Crippen molar-refractivity contribution >= 4 is 35.1 Å². The number of hydrogen-bond acceptors (Lipinski definition) is 2. The first-order chi connectivity index (χ1) is 14.9. The molecule has 152 valence electrons. The van der Waals surface area contributed by atoms with Gasteiger partial charge in [-0.3, -0.25) is 9.59 Å². The van der Waals surface area contributed by atoms with E-state index in [2.05, 4.69) is 11.8 Å². The zero-order chi connectivity index (χ0) is 22.0. The molecule has 0 bridgehead atoms. The Balaban J connectivity index is 1.67.